The lowest BCUT2D eigenvalue weighted by Gasteiger charge is -2.18. The molecule has 3 aromatic rings. The monoisotopic (exact) mass is 408 g/mol. The van der Waals surface area contributed by atoms with Gasteiger partial charge in [-0.1, -0.05) is 82.7 Å². The standard InChI is InChI=1S/C22H17BrO3/c1-15-12-13-18(14-19(15)23)22(25)26-21(17-10-6-3-7-11-17)20(24)16-8-4-2-5-9-16/h2-14,21H,1H3/t21-/m1/s1. The Morgan fingerprint density at radius 3 is 2.08 bits per heavy atom. The maximum absolute atomic E-state index is 12.9. The van der Waals surface area contributed by atoms with Gasteiger partial charge in [0.05, 0.1) is 5.56 Å². The van der Waals surface area contributed by atoms with E-state index in [1.807, 2.05) is 37.3 Å². The Morgan fingerprint density at radius 2 is 1.46 bits per heavy atom. The molecule has 0 radical (unpaired) electrons. The summed E-state index contributed by atoms with van der Waals surface area (Å²) in [5, 5.41) is 0. The van der Waals surface area contributed by atoms with Crippen LogP contribution in [0.15, 0.2) is 83.3 Å². The van der Waals surface area contributed by atoms with Crippen LogP contribution in [0, 0.1) is 6.92 Å². The summed E-state index contributed by atoms with van der Waals surface area (Å²) >= 11 is 3.42. The minimum Gasteiger partial charge on any atom is -0.445 e. The molecule has 0 aliphatic heterocycles. The largest absolute Gasteiger partial charge is 0.445 e. The van der Waals surface area contributed by atoms with Crippen LogP contribution < -0.4 is 0 Å². The molecule has 3 nitrogen and oxygen atoms in total. The van der Waals surface area contributed by atoms with Crippen molar-refractivity contribution in [1.29, 1.82) is 0 Å². The number of aryl methyl sites for hydroxylation is 1. The van der Waals surface area contributed by atoms with Gasteiger partial charge in [0.1, 0.15) is 0 Å². The predicted octanol–water partition coefficient (Wildman–Crippen LogP) is 5.54. The Bertz CT molecular complexity index is 921. The molecule has 26 heavy (non-hydrogen) atoms. The Balaban J connectivity index is 1.92. The van der Waals surface area contributed by atoms with Crippen LogP contribution in [0.5, 0.6) is 0 Å². The number of esters is 1. The summed E-state index contributed by atoms with van der Waals surface area (Å²) < 4.78 is 6.44. The van der Waals surface area contributed by atoms with Gasteiger partial charge in [-0.3, -0.25) is 4.79 Å². The summed E-state index contributed by atoms with van der Waals surface area (Å²) in [5.74, 6) is -0.792. The molecule has 0 fully saturated rings. The fourth-order valence-electron chi connectivity index (χ4n) is 2.55. The second-order valence-electron chi connectivity index (χ2n) is 5.89. The van der Waals surface area contributed by atoms with E-state index >= 15 is 0 Å². The van der Waals surface area contributed by atoms with E-state index in [2.05, 4.69) is 15.9 Å². The van der Waals surface area contributed by atoms with Gasteiger partial charge in [-0.05, 0) is 24.6 Å². The highest BCUT2D eigenvalue weighted by molar-refractivity contribution is 9.10. The van der Waals surface area contributed by atoms with Crippen LogP contribution in [0.3, 0.4) is 0 Å². The van der Waals surface area contributed by atoms with Crippen molar-refractivity contribution in [2.75, 3.05) is 0 Å². The summed E-state index contributed by atoms with van der Waals surface area (Å²) in [6.07, 6.45) is -0.994. The SMILES string of the molecule is Cc1ccc(C(=O)O[C@@H](C(=O)c2ccccc2)c2ccccc2)cc1Br. The van der Waals surface area contributed by atoms with Crippen LogP contribution in [-0.2, 0) is 4.74 Å². The highest BCUT2D eigenvalue weighted by Gasteiger charge is 2.26. The van der Waals surface area contributed by atoms with Gasteiger partial charge in [-0.2, -0.15) is 0 Å². The van der Waals surface area contributed by atoms with E-state index in [0.717, 1.165) is 10.0 Å². The van der Waals surface area contributed by atoms with Crippen LogP contribution in [0.2, 0.25) is 0 Å². The molecule has 0 aliphatic rings. The van der Waals surface area contributed by atoms with Crippen molar-refractivity contribution in [2.24, 2.45) is 0 Å². The van der Waals surface area contributed by atoms with Crippen LogP contribution in [0.4, 0.5) is 0 Å². The molecule has 0 amide bonds. The maximum Gasteiger partial charge on any atom is 0.339 e. The lowest BCUT2D eigenvalue weighted by Crippen LogP contribution is -2.20. The van der Waals surface area contributed by atoms with Crippen molar-refractivity contribution in [1.82, 2.24) is 0 Å². The molecule has 0 aliphatic carbocycles. The lowest BCUT2D eigenvalue weighted by atomic mass is 9.99. The number of benzene rings is 3. The van der Waals surface area contributed by atoms with Gasteiger partial charge in [-0.15, -0.1) is 0 Å². The van der Waals surface area contributed by atoms with Crippen LogP contribution in [0.25, 0.3) is 0 Å². The first-order valence-corrected chi connectivity index (χ1v) is 8.97. The molecule has 0 bridgehead atoms. The highest BCUT2D eigenvalue weighted by Crippen LogP contribution is 2.25. The van der Waals surface area contributed by atoms with Gasteiger partial charge in [0.15, 0.2) is 6.10 Å². The zero-order chi connectivity index (χ0) is 18.5. The van der Waals surface area contributed by atoms with Crippen LogP contribution in [0.1, 0.15) is 37.9 Å². The van der Waals surface area contributed by atoms with Crippen molar-refractivity contribution in [2.45, 2.75) is 13.0 Å². The van der Waals surface area contributed by atoms with Gasteiger partial charge < -0.3 is 4.74 Å². The minimum absolute atomic E-state index is 0.253. The summed E-state index contributed by atoms with van der Waals surface area (Å²) in [6.45, 7) is 1.94. The van der Waals surface area contributed by atoms with E-state index in [1.165, 1.54) is 0 Å². The molecular weight excluding hydrogens is 392 g/mol. The molecule has 1 atom stereocenters. The maximum atomic E-state index is 12.9. The number of rotatable bonds is 5. The molecule has 0 aromatic heterocycles. The third-order valence-electron chi connectivity index (χ3n) is 4.03. The molecule has 130 valence electrons. The summed E-state index contributed by atoms with van der Waals surface area (Å²) in [6, 6.07) is 23.1. The zero-order valence-electron chi connectivity index (χ0n) is 14.2. The summed E-state index contributed by atoms with van der Waals surface area (Å²) in [7, 11) is 0. The van der Waals surface area contributed by atoms with E-state index in [0.29, 0.717) is 16.7 Å². The van der Waals surface area contributed by atoms with Gasteiger partial charge in [0.25, 0.3) is 0 Å². The second kappa shape index (κ2) is 8.11. The molecule has 0 saturated carbocycles. The third kappa shape index (κ3) is 4.09. The minimum atomic E-state index is -0.994. The number of ether oxygens (including phenoxy) is 1. The van der Waals surface area contributed by atoms with E-state index in [4.69, 9.17) is 4.74 Å². The van der Waals surface area contributed by atoms with Gasteiger partial charge >= 0.3 is 5.97 Å². The van der Waals surface area contributed by atoms with Crippen molar-refractivity contribution in [3.05, 3.63) is 106 Å². The van der Waals surface area contributed by atoms with Crippen molar-refractivity contribution in [3.63, 3.8) is 0 Å². The Hall–Kier alpha value is -2.72. The normalized spacial score (nSPS) is 11.6. The predicted molar refractivity (Wildman–Crippen MR) is 104 cm³/mol. The lowest BCUT2D eigenvalue weighted by molar-refractivity contribution is 0.0280. The third-order valence-corrected chi connectivity index (χ3v) is 4.89. The smallest absolute Gasteiger partial charge is 0.339 e. The van der Waals surface area contributed by atoms with E-state index in [1.54, 1.807) is 48.5 Å². The van der Waals surface area contributed by atoms with Crippen molar-refractivity contribution >= 4 is 27.7 Å². The quantitative estimate of drug-likeness (QED) is 0.411. The van der Waals surface area contributed by atoms with Crippen LogP contribution in [-0.4, -0.2) is 11.8 Å². The summed E-state index contributed by atoms with van der Waals surface area (Å²) in [4.78, 5) is 25.6. The van der Waals surface area contributed by atoms with E-state index < -0.39 is 12.1 Å². The molecule has 0 heterocycles. The first-order valence-electron chi connectivity index (χ1n) is 8.17. The zero-order valence-corrected chi connectivity index (χ0v) is 15.8. The number of ketones is 1. The molecule has 3 rings (SSSR count). The number of hydrogen-bond donors (Lipinski definition) is 0. The van der Waals surface area contributed by atoms with Gasteiger partial charge in [0.2, 0.25) is 5.78 Å². The average Bonchev–Trinajstić information content (AvgIpc) is 2.69. The number of carbonyl (C=O) groups is 2. The molecular formula is C22H17BrO3. The van der Waals surface area contributed by atoms with Crippen molar-refractivity contribution < 1.29 is 14.3 Å². The number of Topliss-reactive ketones (excluding diaryl/α,β-unsaturated/α-hetero) is 1. The average molecular weight is 409 g/mol. The van der Waals surface area contributed by atoms with Crippen molar-refractivity contribution in [3.8, 4) is 0 Å². The van der Waals surface area contributed by atoms with Gasteiger partial charge in [-0.25, -0.2) is 4.79 Å². The number of hydrogen-bond acceptors (Lipinski definition) is 3. The number of halogens is 1. The van der Waals surface area contributed by atoms with Crippen LogP contribution >= 0.6 is 15.9 Å². The summed E-state index contributed by atoms with van der Waals surface area (Å²) in [5.41, 5.74) is 2.55. The Morgan fingerprint density at radius 1 is 0.846 bits per heavy atom. The Labute approximate surface area is 160 Å². The fraction of sp³-hybridized carbons (Fsp3) is 0.0909. The molecule has 4 heteroatoms. The topological polar surface area (TPSA) is 43.4 Å². The first-order chi connectivity index (χ1) is 12.6. The molecule has 0 unspecified atom stereocenters. The first kappa shape index (κ1) is 18.1. The number of carbonyl (C=O) groups excluding carboxylic acids is 2. The van der Waals surface area contributed by atoms with E-state index in [-0.39, 0.29) is 5.78 Å². The van der Waals surface area contributed by atoms with E-state index in [9.17, 15) is 9.59 Å². The molecule has 0 saturated heterocycles. The Kier molecular flexibility index (Phi) is 5.64. The highest BCUT2D eigenvalue weighted by atomic mass is 79.9. The van der Waals surface area contributed by atoms with Gasteiger partial charge in [0, 0.05) is 15.6 Å². The molecule has 3 aromatic carbocycles. The molecule has 0 spiro atoms. The fourth-order valence-corrected chi connectivity index (χ4v) is 2.93. The second-order valence-corrected chi connectivity index (χ2v) is 6.74. The molecule has 0 N–H and O–H groups in total.